The Labute approximate surface area is 127 Å². The second-order valence-corrected chi connectivity index (χ2v) is 4.87. The quantitative estimate of drug-likeness (QED) is 0.735. The summed E-state index contributed by atoms with van der Waals surface area (Å²) in [6, 6.07) is 12.8. The number of carbonyl (C=O) groups excluding carboxylic acids is 1. The van der Waals surface area contributed by atoms with Crippen LogP contribution in [0.25, 0.3) is 11.0 Å². The van der Waals surface area contributed by atoms with Crippen molar-refractivity contribution < 1.29 is 14.3 Å². The number of para-hydroxylation sites is 2. The number of aromatic nitrogens is 2. The fraction of sp³-hybridized carbons (Fsp3) is 0.176. The molecule has 0 fully saturated rings. The van der Waals surface area contributed by atoms with Gasteiger partial charge in [0.2, 0.25) is 0 Å². The van der Waals surface area contributed by atoms with Crippen molar-refractivity contribution in [1.29, 1.82) is 0 Å². The number of Topliss-reactive ketones (excluding diaryl/α,β-unsaturated/α-hetero) is 1. The highest BCUT2D eigenvalue weighted by atomic mass is 16.5. The number of methoxy groups -OCH3 is 2. The van der Waals surface area contributed by atoms with Crippen molar-refractivity contribution >= 4 is 16.8 Å². The zero-order valence-corrected chi connectivity index (χ0v) is 12.4. The summed E-state index contributed by atoms with van der Waals surface area (Å²) in [7, 11) is 3.11. The largest absolute Gasteiger partial charge is 0.493 e. The molecule has 0 atom stereocenters. The minimum atomic E-state index is -0.0278. The highest BCUT2D eigenvalue weighted by Gasteiger charge is 2.13. The molecule has 3 rings (SSSR count). The average Bonchev–Trinajstić information content (AvgIpc) is 2.96. The van der Waals surface area contributed by atoms with Crippen molar-refractivity contribution in [2.24, 2.45) is 0 Å². The third-order valence-electron chi connectivity index (χ3n) is 3.47. The van der Waals surface area contributed by atoms with Gasteiger partial charge in [0, 0.05) is 5.56 Å². The van der Waals surface area contributed by atoms with E-state index >= 15 is 0 Å². The van der Waals surface area contributed by atoms with Gasteiger partial charge >= 0.3 is 0 Å². The van der Waals surface area contributed by atoms with Gasteiger partial charge in [-0.25, -0.2) is 4.98 Å². The van der Waals surface area contributed by atoms with E-state index in [0.29, 0.717) is 22.9 Å². The minimum absolute atomic E-state index is 0.0278. The summed E-state index contributed by atoms with van der Waals surface area (Å²) in [5, 5.41) is 0. The van der Waals surface area contributed by atoms with Crippen molar-refractivity contribution in [2.75, 3.05) is 14.2 Å². The maximum atomic E-state index is 12.4. The van der Waals surface area contributed by atoms with Crippen molar-refractivity contribution in [2.45, 2.75) is 6.42 Å². The van der Waals surface area contributed by atoms with Crippen LogP contribution >= 0.6 is 0 Å². The first kappa shape index (κ1) is 14.1. The number of nitrogens with zero attached hydrogens (tertiary/aromatic N) is 1. The van der Waals surface area contributed by atoms with Gasteiger partial charge in [0.05, 0.1) is 31.7 Å². The second-order valence-electron chi connectivity index (χ2n) is 4.87. The molecule has 3 aromatic rings. The number of rotatable bonds is 5. The number of carbonyl (C=O) groups is 1. The molecule has 0 aliphatic carbocycles. The lowest BCUT2D eigenvalue weighted by Gasteiger charge is -2.08. The van der Waals surface area contributed by atoms with E-state index in [4.69, 9.17) is 9.47 Å². The van der Waals surface area contributed by atoms with E-state index in [2.05, 4.69) is 9.97 Å². The van der Waals surface area contributed by atoms with E-state index in [0.717, 1.165) is 11.0 Å². The fourth-order valence-corrected chi connectivity index (χ4v) is 2.35. The predicted octanol–water partition coefficient (Wildman–Crippen LogP) is 3.01. The Morgan fingerprint density at radius 2 is 1.86 bits per heavy atom. The molecular weight excluding hydrogens is 280 g/mol. The van der Waals surface area contributed by atoms with Gasteiger partial charge in [0.25, 0.3) is 0 Å². The first-order chi connectivity index (χ1) is 10.7. The summed E-state index contributed by atoms with van der Waals surface area (Å²) in [6.07, 6.45) is 0.212. The van der Waals surface area contributed by atoms with Gasteiger partial charge in [-0.1, -0.05) is 12.1 Å². The Morgan fingerprint density at radius 3 is 2.59 bits per heavy atom. The van der Waals surface area contributed by atoms with Crippen molar-refractivity contribution in [3.05, 3.63) is 53.9 Å². The molecule has 0 amide bonds. The van der Waals surface area contributed by atoms with E-state index in [1.807, 2.05) is 24.3 Å². The summed E-state index contributed by atoms with van der Waals surface area (Å²) in [6.45, 7) is 0. The number of ether oxygens (including phenoxy) is 2. The van der Waals surface area contributed by atoms with Crippen LogP contribution in [-0.2, 0) is 6.42 Å². The van der Waals surface area contributed by atoms with Gasteiger partial charge < -0.3 is 14.5 Å². The Kier molecular flexibility index (Phi) is 3.78. The third kappa shape index (κ3) is 2.65. The Hall–Kier alpha value is -2.82. The molecule has 2 aromatic carbocycles. The molecule has 5 heteroatoms. The molecule has 22 heavy (non-hydrogen) atoms. The normalized spacial score (nSPS) is 10.6. The van der Waals surface area contributed by atoms with Gasteiger partial charge in [0.1, 0.15) is 5.82 Å². The minimum Gasteiger partial charge on any atom is -0.493 e. The third-order valence-corrected chi connectivity index (χ3v) is 3.47. The number of ketones is 1. The van der Waals surface area contributed by atoms with Crippen LogP contribution in [0.4, 0.5) is 0 Å². The van der Waals surface area contributed by atoms with E-state index in [-0.39, 0.29) is 12.2 Å². The maximum Gasteiger partial charge on any atom is 0.170 e. The number of hydrogen-bond acceptors (Lipinski definition) is 4. The Morgan fingerprint density at radius 1 is 1.09 bits per heavy atom. The van der Waals surface area contributed by atoms with Crippen LogP contribution in [0.5, 0.6) is 11.5 Å². The number of H-pyrrole nitrogens is 1. The van der Waals surface area contributed by atoms with Crippen LogP contribution in [-0.4, -0.2) is 30.0 Å². The number of hydrogen-bond donors (Lipinski definition) is 1. The monoisotopic (exact) mass is 296 g/mol. The van der Waals surface area contributed by atoms with Crippen LogP contribution in [0, 0.1) is 0 Å². The van der Waals surface area contributed by atoms with Crippen LogP contribution in [0.15, 0.2) is 42.5 Å². The smallest absolute Gasteiger partial charge is 0.170 e. The molecule has 0 spiro atoms. The van der Waals surface area contributed by atoms with Crippen molar-refractivity contribution in [1.82, 2.24) is 9.97 Å². The first-order valence-electron chi connectivity index (χ1n) is 6.90. The SMILES string of the molecule is COc1ccc(C(=O)Cc2nc3ccccc3[nH]2)cc1OC. The molecule has 0 bridgehead atoms. The van der Waals surface area contributed by atoms with Gasteiger partial charge in [0.15, 0.2) is 17.3 Å². The molecule has 0 aliphatic heterocycles. The molecule has 0 saturated carbocycles. The van der Waals surface area contributed by atoms with Crippen LogP contribution in [0.3, 0.4) is 0 Å². The van der Waals surface area contributed by atoms with Crippen molar-refractivity contribution in [3.8, 4) is 11.5 Å². The second kappa shape index (κ2) is 5.89. The molecule has 0 aliphatic rings. The van der Waals surface area contributed by atoms with Gasteiger partial charge in [-0.05, 0) is 30.3 Å². The molecule has 0 unspecified atom stereocenters. The molecule has 0 saturated heterocycles. The zero-order valence-electron chi connectivity index (χ0n) is 12.4. The maximum absolute atomic E-state index is 12.4. The summed E-state index contributed by atoms with van der Waals surface area (Å²) in [5.41, 5.74) is 2.35. The predicted molar refractivity (Wildman–Crippen MR) is 83.7 cm³/mol. The lowest BCUT2D eigenvalue weighted by atomic mass is 10.1. The zero-order chi connectivity index (χ0) is 15.5. The summed E-state index contributed by atoms with van der Waals surface area (Å²) < 4.78 is 10.4. The topological polar surface area (TPSA) is 64.2 Å². The standard InChI is InChI=1S/C17H16N2O3/c1-21-15-8-7-11(9-16(15)22-2)14(20)10-17-18-12-5-3-4-6-13(12)19-17/h3-9H,10H2,1-2H3,(H,18,19). The molecule has 1 aromatic heterocycles. The van der Waals surface area contributed by atoms with Crippen LogP contribution in [0.1, 0.15) is 16.2 Å². The number of aromatic amines is 1. The van der Waals surface area contributed by atoms with Gasteiger partial charge in [-0.3, -0.25) is 4.79 Å². The lowest BCUT2D eigenvalue weighted by Crippen LogP contribution is -2.05. The number of nitrogens with one attached hydrogen (secondary N) is 1. The molecular formula is C17H16N2O3. The molecule has 1 heterocycles. The number of imidazole rings is 1. The number of benzene rings is 2. The Bertz CT molecular complexity index is 791. The molecule has 5 nitrogen and oxygen atoms in total. The van der Waals surface area contributed by atoms with Crippen LogP contribution < -0.4 is 9.47 Å². The van der Waals surface area contributed by atoms with E-state index in [1.165, 1.54) is 0 Å². The van der Waals surface area contributed by atoms with Gasteiger partial charge in [-0.2, -0.15) is 0 Å². The highest BCUT2D eigenvalue weighted by Crippen LogP contribution is 2.28. The fourth-order valence-electron chi connectivity index (χ4n) is 2.35. The first-order valence-corrected chi connectivity index (χ1v) is 6.90. The Balaban J connectivity index is 1.84. The molecule has 112 valence electrons. The van der Waals surface area contributed by atoms with Gasteiger partial charge in [-0.15, -0.1) is 0 Å². The highest BCUT2D eigenvalue weighted by molar-refractivity contribution is 5.98. The average molecular weight is 296 g/mol. The number of fused-ring (bicyclic) bond motifs is 1. The van der Waals surface area contributed by atoms with Crippen LogP contribution in [0.2, 0.25) is 0 Å². The molecule has 1 N–H and O–H groups in total. The summed E-state index contributed by atoms with van der Waals surface area (Å²) >= 11 is 0. The lowest BCUT2D eigenvalue weighted by molar-refractivity contribution is 0.0990. The molecule has 0 radical (unpaired) electrons. The van der Waals surface area contributed by atoms with E-state index in [9.17, 15) is 4.79 Å². The summed E-state index contributed by atoms with van der Waals surface area (Å²) in [5.74, 6) is 1.77. The van der Waals surface area contributed by atoms with E-state index < -0.39 is 0 Å². The summed E-state index contributed by atoms with van der Waals surface area (Å²) in [4.78, 5) is 20.0. The van der Waals surface area contributed by atoms with Crippen molar-refractivity contribution in [3.63, 3.8) is 0 Å². The van der Waals surface area contributed by atoms with E-state index in [1.54, 1.807) is 32.4 Å².